The molecule has 2 atom stereocenters. The first-order chi connectivity index (χ1) is 18.5. The maximum absolute atomic E-state index is 14.7. The number of benzene rings is 3. The molecule has 2 saturated heterocycles. The van der Waals surface area contributed by atoms with Crippen molar-refractivity contribution in [3.63, 3.8) is 0 Å². The van der Waals surface area contributed by atoms with Gasteiger partial charge in [0.15, 0.2) is 5.78 Å². The van der Waals surface area contributed by atoms with Gasteiger partial charge in [0.1, 0.15) is 18.2 Å². The van der Waals surface area contributed by atoms with Crippen LogP contribution in [0.3, 0.4) is 0 Å². The summed E-state index contributed by atoms with van der Waals surface area (Å²) in [6.07, 6.45) is 0.432. The Morgan fingerprint density at radius 3 is 2.18 bits per heavy atom. The van der Waals surface area contributed by atoms with Crippen LogP contribution in [0, 0.1) is 11.7 Å². The molecule has 1 amide bonds. The summed E-state index contributed by atoms with van der Waals surface area (Å²) in [5.41, 5.74) is 4.73. The molecule has 2 unspecified atom stereocenters. The van der Waals surface area contributed by atoms with Crippen LogP contribution < -0.4 is 4.74 Å². The normalized spacial score (nSPS) is 21.9. The van der Waals surface area contributed by atoms with Gasteiger partial charge in [-0.25, -0.2) is 9.18 Å². The van der Waals surface area contributed by atoms with E-state index in [2.05, 4.69) is 24.3 Å². The zero-order valence-corrected chi connectivity index (χ0v) is 21.3. The van der Waals surface area contributed by atoms with Gasteiger partial charge in [0, 0.05) is 17.9 Å². The van der Waals surface area contributed by atoms with Crippen molar-refractivity contribution in [1.29, 1.82) is 0 Å². The van der Waals surface area contributed by atoms with Crippen LogP contribution in [-0.4, -0.2) is 55.3 Å². The van der Waals surface area contributed by atoms with Crippen LogP contribution in [0.4, 0.5) is 9.18 Å². The Kier molecular flexibility index (Phi) is 6.62. The fourth-order valence-electron chi connectivity index (χ4n) is 6.27. The Morgan fingerprint density at radius 1 is 0.947 bits per heavy atom. The Hall–Kier alpha value is -3.71. The van der Waals surface area contributed by atoms with Gasteiger partial charge in [-0.05, 0) is 54.2 Å². The first-order valence-electron chi connectivity index (χ1n) is 13.2. The van der Waals surface area contributed by atoms with Crippen LogP contribution in [0.5, 0.6) is 5.75 Å². The van der Waals surface area contributed by atoms with Gasteiger partial charge < -0.3 is 14.2 Å². The van der Waals surface area contributed by atoms with Gasteiger partial charge in [-0.1, -0.05) is 48.5 Å². The molecule has 2 bridgehead atoms. The van der Waals surface area contributed by atoms with Crippen LogP contribution in [0.15, 0.2) is 66.7 Å². The summed E-state index contributed by atoms with van der Waals surface area (Å²) in [7, 11) is 0. The summed E-state index contributed by atoms with van der Waals surface area (Å²) in [6.45, 7) is 3.14. The molecule has 0 N–H and O–H groups in total. The number of hydrogen-bond donors (Lipinski definition) is 0. The van der Waals surface area contributed by atoms with Crippen molar-refractivity contribution in [2.45, 2.75) is 37.8 Å². The minimum atomic E-state index is -0.582. The van der Waals surface area contributed by atoms with E-state index in [1.165, 1.54) is 23.3 Å². The molecular weight excluding hydrogens is 485 g/mol. The van der Waals surface area contributed by atoms with Crippen molar-refractivity contribution < 1.29 is 28.2 Å². The van der Waals surface area contributed by atoms with Gasteiger partial charge in [0.05, 0.1) is 37.5 Å². The second-order valence-corrected chi connectivity index (χ2v) is 10.2. The number of nitrogens with zero attached hydrogens (tertiary/aromatic N) is 1. The number of ether oxygens (including phenoxy) is 3. The highest BCUT2D eigenvalue weighted by Gasteiger charge is 2.45. The third-order valence-corrected chi connectivity index (χ3v) is 7.96. The Bertz CT molecular complexity index is 1310. The van der Waals surface area contributed by atoms with E-state index in [4.69, 9.17) is 14.2 Å². The smallest absolute Gasteiger partial charge is 0.410 e. The second kappa shape index (κ2) is 10.2. The summed E-state index contributed by atoms with van der Waals surface area (Å²) in [6, 6.07) is 20.2. The number of piperidine rings is 1. The van der Waals surface area contributed by atoms with Crippen LogP contribution in [0.2, 0.25) is 0 Å². The Morgan fingerprint density at radius 2 is 1.58 bits per heavy atom. The van der Waals surface area contributed by atoms with Crippen LogP contribution in [0.25, 0.3) is 11.1 Å². The van der Waals surface area contributed by atoms with Crippen molar-refractivity contribution >= 4 is 11.9 Å². The van der Waals surface area contributed by atoms with Gasteiger partial charge >= 0.3 is 6.09 Å². The molecule has 2 aliphatic heterocycles. The number of Topliss-reactive ketones (excluding diaryl/α,β-unsaturated/α-hetero) is 1. The zero-order chi connectivity index (χ0) is 26.2. The molecule has 3 aromatic rings. The third kappa shape index (κ3) is 4.35. The Balaban J connectivity index is 1.15. The monoisotopic (exact) mass is 515 g/mol. The molecule has 0 radical (unpaired) electrons. The van der Waals surface area contributed by atoms with Crippen molar-refractivity contribution in [2.24, 2.45) is 5.92 Å². The quantitative estimate of drug-likeness (QED) is 0.386. The van der Waals surface area contributed by atoms with Crippen molar-refractivity contribution in [3.8, 4) is 16.9 Å². The largest absolute Gasteiger partial charge is 0.494 e. The Labute approximate surface area is 221 Å². The van der Waals surface area contributed by atoms with E-state index in [-0.39, 0.29) is 48.0 Å². The second-order valence-electron chi connectivity index (χ2n) is 10.2. The molecule has 1 aliphatic carbocycles. The predicted molar refractivity (Wildman–Crippen MR) is 140 cm³/mol. The lowest BCUT2D eigenvalue weighted by atomic mass is 9.80. The molecule has 38 heavy (non-hydrogen) atoms. The summed E-state index contributed by atoms with van der Waals surface area (Å²) < 4.78 is 31.7. The van der Waals surface area contributed by atoms with Crippen LogP contribution in [0.1, 0.15) is 47.2 Å². The lowest BCUT2D eigenvalue weighted by Crippen LogP contribution is -2.60. The fraction of sp³-hybridized carbons (Fsp3) is 0.355. The highest BCUT2D eigenvalue weighted by Crippen LogP contribution is 2.45. The number of rotatable bonds is 6. The maximum Gasteiger partial charge on any atom is 0.410 e. The molecule has 3 aliphatic rings. The van der Waals surface area contributed by atoms with Gasteiger partial charge in [-0.2, -0.15) is 0 Å². The third-order valence-electron chi connectivity index (χ3n) is 7.96. The van der Waals surface area contributed by atoms with Crippen molar-refractivity contribution in [1.82, 2.24) is 4.90 Å². The molecule has 6 rings (SSSR count). The van der Waals surface area contributed by atoms with Gasteiger partial charge in [0.25, 0.3) is 0 Å². The number of fused-ring (bicyclic) bond motifs is 5. The van der Waals surface area contributed by atoms with E-state index in [1.54, 1.807) is 11.0 Å². The summed E-state index contributed by atoms with van der Waals surface area (Å²) in [5, 5.41) is 0. The maximum atomic E-state index is 14.7. The molecule has 7 heteroatoms. The fourth-order valence-corrected chi connectivity index (χ4v) is 6.27. The lowest BCUT2D eigenvalue weighted by molar-refractivity contribution is -0.0748. The average Bonchev–Trinajstić information content (AvgIpc) is 3.24. The van der Waals surface area contributed by atoms with E-state index in [0.717, 1.165) is 11.1 Å². The molecule has 0 saturated carbocycles. The van der Waals surface area contributed by atoms with Gasteiger partial charge in [-0.15, -0.1) is 0 Å². The minimum absolute atomic E-state index is 0.0239. The van der Waals surface area contributed by atoms with Crippen molar-refractivity contribution in [3.05, 3.63) is 89.2 Å². The summed E-state index contributed by atoms with van der Waals surface area (Å²) >= 11 is 0. The van der Waals surface area contributed by atoms with E-state index in [9.17, 15) is 14.0 Å². The molecule has 0 aromatic heterocycles. The first kappa shape index (κ1) is 24.6. The average molecular weight is 516 g/mol. The molecule has 6 nitrogen and oxygen atoms in total. The molecule has 2 heterocycles. The van der Waals surface area contributed by atoms with E-state index in [1.807, 2.05) is 31.2 Å². The van der Waals surface area contributed by atoms with Crippen LogP contribution in [-0.2, 0) is 9.47 Å². The number of amides is 1. The lowest BCUT2D eigenvalue weighted by Gasteiger charge is -2.47. The number of carbonyl (C=O) groups excluding carboxylic acids is 2. The van der Waals surface area contributed by atoms with E-state index >= 15 is 0 Å². The summed E-state index contributed by atoms with van der Waals surface area (Å²) in [5.74, 6) is -0.837. The van der Waals surface area contributed by atoms with E-state index < -0.39 is 5.82 Å². The first-order valence-corrected chi connectivity index (χ1v) is 13.2. The highest BCUT2D eigenvalue weighted by atomic mass is 19.1. The van der Waals surface area contributed by atoms with Gasteiger partial charge in [0.2, 0.25) is 0 Å². The molecule has 0 spiro atoms. The van der Waals surface area contributed by atoms with Crippen molar-refractivity contribution in [2.75, 3.05) is 26.4 Å². The molecule has 3 aromatic carbocycles. The zero-order valence-electron chi connectivity index (χ0n) is 21.3. The number of carbonyl (C=O) groups is 2. The molecule has 2 fully saturated rings. The van der Waals surface area contributed by atoms with Crippen LogP contribution >= 0.6 is 0 Å². The minimum Gasteiger partial charge on any atom is -0.494 e. The van der Waals surface area contributed by atoms with E-state index in [0.29, 0.717) is 38.4 Å². The number of halogens is 1. The highest BCUT2D eigenvalue weighted by molar-refractivity contribution is 5.98. The number of morpholine rings is 1. The number of hydrogen-bond acceptors (Lipinski definition) is 5. The van der Waals surface area contributed by atoms with Gasteiger partial charge in [-0.3, -0.25) is 9.69 Å². The molecular formula is C31H30FNO5. The number of ketones is 1. The SMILES string of the molecule is CCOc1ccc(C(=O)C2CC3COCC(C2)N3C(=O)OCC2c3ccccc3-c3ccccc32)c(F)c1. The predicted octanol–water partition coefficient (Wildman–Crippen LogP) is 5.84. The standard InChI is InChI=1S/C31H30FNO5/c1-2-37-22-11-12-27(29(32)15-22)30(34)19-13-20-16-36-17-21(14-19)33(20)31(35)38-18-28-25-9-5-3-7-23(25)24-8-4-6-10-26(24)28/h3-12,15,19-21,28H,2,13-14,16-18H2,1H3. The topological polar surface area (TPSA) is 65.1 Å². The molecule has 196 valence electrons. The summed E-state index contributed by atoms with van der Waals surface area (Å²) in [4.78, 5) is 28.4.